The molecule has 0 aliphatic carbocycles. The topological polar surface area (TPSA) is 46.5 Å². The van der Waals surface area contributed by atoms with Crippen molar-refractivity contribution in [3.05, 3.63) is 28.8 Å². The Morgan fingerprint density at radius 1 is 1.43 bits per heavy atom. The van der Waals surface area contributed by atoms with E-state index in [9.17, 15) is 8.42 Å². The Kier molecular flexibility index (Phi) is 2.12. The smallest absolute Gasteiger partial charge is 0.199 e. The Bertz CT molecular complexity index is 520. The van der Waals surface area contributed by atoms with Crippen LogP contribution in [0.1, 0.15) is 18.9 Å². The third-order valence-electron chi connectivity index (χ3n) is 2.10. The van der Waals surface area contributed by atoms with Crippen LogP contribution >= 0.6 is 11.6 Å². The Morgan fingerprint density at radius 2 is 2.14 bits per heavy atom. The highest BCUT2D eigenvalue weighted by atomic mass is 35.5. The van der Waals surface area contributed by atoms with E-state index in [-0.39, 0.29) is 9.92 Å². The number of nitrogens with zero attached hydrogens (tertiary/aromatic N) is 1. The molecule has 3 nitrogen and oxygen atoms in total. The van der Waals surface area contributed by atoms with Gasteiger partial charge >= 0.3 is 0 Å². The van der Waals surface area contributed by atoms with E-state index in [1.54, 1.807) is 18.2 Å². The van der Waals surface area contributed by atoms with Gasteiger partial charge in [-0.15, -0.1) is 0 Å². The number of hydrogen-bond donors (Lipinski definition) is 0. The van der Waals surface area contributed by atoms with Crippen LogP contribution in [0, 0.1) is 0 Å². The summed E-state index contributed by atoms with van der Waals surface area (Å²) in [7, 11) is -3.54. The minimum atomic E-state index is -3.54. The lowest BCUT2D eigenvalue weighted by Gasteiger charge is -2.00. The molecule has 0 N–H and O–H groups in total. The van der Waals surface area contributed by atoms with Gasteiger partial charge < -0.3 is 0 Å². The van der Waals surface area contributed by atoms with Crippen molar-refractivity contribution in [1.29, 1.82) is 0 Å². The second kappa shape index (κ2) is 3.07. The van der Waals surface area contributed by atoms with Gasteiger partial charge in [0.25, 0.3) is 10.0 Å². The summed E-state index contributed by atoms with van der Waals surface area (Å²) in [5, 5.41) is 0.245. The van der Waals surface area contributed by atoms with E-state index in [1.807, 2.05) is 6.92 Å². The van der Waals surface area contributed by atoms with Crippen LogP contribution in [-0.4, -0.2) is 14.1 Å². The molecule has 1 aliphatic rings. The summed E-state index contributed by atoms with van der Waals surface area (Å²) in [5.74, 6) is 0. The van der Waals surface area contributed by atoms with Gasteiger partial charge in [-0.2, -0.15) is 12.8 Å². The Morgan fingerprint density at radius 3 is 2.79 bits per heavy atom. The van der Waals surface area contributed by atoms with E-state index < -0.39 is 10.0 Å². The molecule has 5 heteroatoms. The van der Waals surface area contributed by atoms with Crippen LogP contribution < -0.4 is 0 Å². The van der Waals surface area contributed by atoms with Crippen molar-refractivity contribution < 1.29 is 8.42 Å². The summed E-state index contributed by atoms with van der Waals surface area (Å²) >= 11 is 5.82. The molecular formula is C9H8ClNO2S. The molecule has 0 saturated carbocycles. The monoisotopic (exact) mass is 229 g/mol. The summed E-state index contributed by atoms with van der Waals surface area (Å²) in [4.78, 5) is 0.151. The van der Waals surface area contributed by atoms with Crippen molar-refractivity contribution in [2.75, 3.05) is 0 Å². The quantitative estimate of drug-likeness (QED) is 0.742. The van der Waals surface area contributed by atoms with Crippen molar-refractivity contribution in [2.24, 2.45) is 4.40 Å². The summed E-state index contributed by atoms with van der Waals surface area (Å²) in [5.41, 5.74) is 1.22. The number of halogens is 1. The van der Waals surface area contributed by atoms with Crippen molar-refractivity contribution in [3.63, 3.8) is 0 Å². The molecule has 2 rings (SSSR count). The molecule has 0 aromatic heterocycles. The van der Waals surface area contributed by atoms with Gasteiger partial charge in [-0.3, -0.25) is 0 Å². The van der Waals surface area contributed by atoms with Gasteiger partial charge in [0.05, 0.1) is 10.7 Å². The lowest BCUT2D eigenvalue weighted by Crippen LogP contribution is -1.96. The first-order valence-electron chi connectivity index (χ1n) is 4.19. The second-order valence-electron chi connectivity index (χ2n) is 2.98. The predicted molar refractivity (Wildman–Crippen MR) is 55.5 cm³/mol. The van der Waals surface area contributed by atoms with Gasteiger partial charge in [-0.05, 0) is 12.5 Å². The second-order valence-corrected chi connectivity index (χ2v) is 4.93. The first kappa shape index (κ1) is 9.68. The lowest BCUT2D eigenvalue weighted by atomic mass is 10.1. The van der Waals surface area contributed by atoms with Crippen LogP contribution in [0.3, 0.4) is 0 Å². The highest BCUT2D eigenvalue weighted by molar-refractivity contribution is 7.91. The summed E-state index contributed by atoms with van der Waals surface area (Å²) in [6, 6.07) is 5.02. The molecule has 1 aliphatic heterocycles. The molecule has 1 aromatic carbocycles. The fraction of sp³-hybridized carbons (Fsp3) is 0.222. The van der Waals surface area contributed by atoms with E-state index in [0.29, 0.717) is 17.7 Å². The highest BCUT2D eigenvalue weighted by Gasteiger charge is 2.29. The number of sulfonamides is 1. The minimum Gasteiger partial charge on any atom is -0.199 e. The molecule has 1 aromatic rings. The third-order valence-corrected chi connectivity index (χ3v) is 3.94. The molecule has 14 heavy (non-hydrogen) atoms. The zero-order valence-electron chi connectivity index (χ0n) is 7.49. The van der Waals surface area contributed by atoms with Crippen LogP contribution in [-0.2, 0) is 10.0 Å². The van der Waals surface area contributed by atoms with Crippen molar-refractivity contribution in [1.82, 2.24) is 0 Å². The largest absolute Gasteiger partial charge is 0.284 e. The maximum Gasteiger partial charge on any atom is 0.284 e. The summed E-state index contributed by atoms with van der Waals surface area (Å²) in [6.07, 6.45) is 0.590. The van der Waals surface area contributed by atoms with Crippen LogP contribution in [0.2, 0.25) is 5.02 Å². The van der Waals surface area contributed by atoms with E-state index in [4.69, 9.17) is 11.6 Å². The predicted octanol–water partition coefficient (Wildman–Crippen LogP) is 2.24. The fourth-order valence-electron chi connectivity index (χ4n) is 1.49. The molecular weight excluding hydrogens is 222 g/mol. The standard InChI is InChI=1S/C9H8ClNO2S/c1-2-8-6-4-3-5-7(10)9(6)14(12,13)11-8/h3-5H,2H2,1H3. The van der Waals surface area contributed by atoms with Gasteiger partial charge in [0, 0.05) is 5.56 Å². The van der Waals surface area contributed by atoms with Gasteiger partial charge in [0.1, 0.15) is 4.90 Å². The molecule has 74 valence electrons. The van der Waals surface area contributed by atoms with E-state index in [0.717, 1.165) is 0 Å². The number of rotatable bonds is 1. The molecule has 0 unspecified atom stereocenters. The number of hydrogen-bond acceptors (Lipinski definition) is 2. The van der Waals surface area contributed by atoms with Gasteiger partial charge in [-0.1, -0.05) is 30.7 Å². The highest BCUT2D eigenvalue weighted by Crippen LogP contribution is 2.33. The first-order valence-corrected chi connectivity index (χ1v) is 6.01. The maximum absolute atomic E-state index is 11.6. The maximum atomic E-state index is 11.6. The molecule has 0 spiro atoms. The number of fused-ring (bicyclic) bond motifs is 1. The SMILES string of the molecule is CCC1=NS(=O)(=O)c2c(Cl)cccc21. The van der Waals surface area contributed by atoms with E-state index in [2.05, 4.69) is 4.40 Å². The Labute approximate surface area is 87.5 Å². The van der Waals surface area contributed by atoms with Gasteiger partial charge in [0.15, 0.2) is 0 Å². The zero-order chi connectivity index (χ0) is 10.3. The van der Waals surface area contributed by atoms with Crippen LogP contribution in [0.4, 0.5) is 0 Å². The molecule has 1 heterocycles. The fourth-order valence-corrected chi connectivity index (χ4v) is 3.35. The molecule has 0 saturated heterocycles. The molecule has 0 bridgehead atoms. The summed E-state index contributed by atoms with van der Waals surface area (Å²) < 4.78 is 26.8. The van der Waals surface area contributed by atoms with E-state index >= 15 is 0 Å². The van der Waals surface area contributed by atoms with Crippen LogP contribution in [0.25, 0.3) is 0 Å². The first-order chi connectivity index (χ1) is 6.56. The van der Waals surface area contributed by atoms with Crippen molar-refractivity contribution >= 4 is 27.3 Å². The average molecular weight is 230 g/mol. The molecule has 0 amide bonds. The Balaban J connectivity index is 2.82. The average Bonchev–Trinajstić information content (AvgIpc) is 2.39. The Hall–Kier alpha value is -0.870. The third kappa shape index (κ3) is 1.26. The summed E-state index contributed by atoms with van der Waals surface area (Å²) in [6.45, 7) is 1.87. The van der Waals surface area contributed by atoms with E-state index in [1.165, 1.54) is 0 Å². The van der Waals surface area contributed by atoms with Gasteiger partial charge in [0.2, 0.25) is 0 Å². The van der Waals surface area contributed by atoms with Gasteiger partial charge in [-0.25, -0.2) is 0 Å². The molecule has 0 radical (unpaired) electrons. The van der Waals surface area contributed by atoms with Crippen LogP contribution in [0.15, 0.2) is 27.5 Å². The van der Waals surface area contributed by atoms with Crippen molar-refractivity contribution in [2.45, 2.75) is 18.2 Å². The molecule has 0 atom stereocenters. The number of benzene rings is 1. The minimum absolute atomic E-state index is 0.151. The molecule has 0 fully saturated rings. The van der Waals surface area contributed by atoms with Crippen molar-refractivity contribution in [3.8, 4) is 0 Å². The lowest BCUT2D eigenvalue weighted by molar-refractivity contribution is 0.599. The van der Waals surface area contributed by atoms with Crippen LogP contribution in [0.5, 0.6) is 0 Å². The normalized spacial score (nSPS) is 17.7. The zero-order valence-corrected chi connectivity index (χ0v) is 9.06.